The van der Waals surface area contributed by atoms with Crippen molar-refractivity contribution in [2.75, 3.05) is 30.0 Å². The second-order valence-corrected chi connectivity index (χ2v) is 10.1. The Morgan fingerprint density at radius 1 is 1.06 bits per heavy atom. The third kappa shape index (κ3) is 6.80. The molecule has 194 valence electrons. The third-order valence-corrected chi connectivity index (χ3v) is 7.48. The second-order valence-electron chi connectivity index (χ2n) is 10.1. The van der Waals surface area contributed by atoms with E-state index in [9.17, 15) is 9.59 Å². The Hall–Kier alpha value is -3.02. The molecule has 6 heteroatoms. The average Bonchev–Trinajstić information content (AvgIpc) is 2.91. The maximum Gasteiger partial charge on any atom is 0.265 e. The number of carbonyl (C=O) groups is 2. The van der Waals surface area contributed by atoms with Gasteiger partial charge in [-0.2, -0.15) is 0 Å². The van der Waals surface area contributed by atoms with Gasteiger partial charge in [0.1, 0.15) is 11.5 Å². The molecular formula is C30H40N2O4. The molecule has 2 aliphatic rings. The molecule has 0 unspecified atom stereocenters. The fraction of sp³-hybridized carbons (Fsp3) is 0.533. The fourth-order valence-electron chi connectivity index (χ4n) is 5.21. The van der Waals surface area contributed by atoms with E-state index < -0.39 is 0 Å². The van der Waals surface area contributed by atoms with Gasteiger partial charge in [-0.1, -0.05) is 45.2 Å². The van der Waals surface area contributed by atoms with Crippen molar-refractivity contribution >= 4 is 23.2 Å². The number of amides is 2. The van der Waals surface area contributed by atoms with Gasteiger partial charge in [0.05, 0.1) is 12.3 Å². The number of hydrogen-bond acceptors (Lipinski definition) is 4. The first-order valence-corrected chi connectivity index (χ1v) is 13.7. The zero-order valence-corrected chi connectivity index (χ0v) is 21.8. The highest BCUT2D eigenvalue weighted by Gasteiger charge is 2.28. The number of nitrogens with zero attached hydrogens (tertiary/aromatic N) is 1. The number of hydrogen-bond donors (Lipinski definition) is 1. The predicted octanol–water partition coefficient (Wildman–Crippen LogP) is 6.38. The number of anilines is 2. The van der Waals surface area contributed by atoms with Gasteiger partial charge in [0.15, 0.2) is 6.61 Å². The minimum Gasteiger partial charge on any atom is -0.494 e. The van der Waals surface area contributed by atoms with Crippen molar-refractivity contribution in [1.82, 2.24) is 0 Å². The first-order chi connectivity index (χ1) is 17.6. The van der Waals surface area contributed by atoms with E-state index in [2.05, 4.69) is 31.3 Å². The number of fused-ring (bicyclic) bond motifs is 1. The van der Waals surface area contributed by atoms with E-state index >= 15 is 0 Å². The normalized spacial score (nSPS) is 19.4. The van der Waals surface area contributed by atoms with Crippen LogP contribution in [0.5, 0.6) is 11.5 Å². The lowest BCUT2D eigenvalue weighted by Gasteiger charge is -2.30. The molecule has 1 aliphatic heterocycles. The summed E-state index contributed by atoms with van der Waals surface area (Å²) in [6, 6.07) is 13.7. The Morgan fingerprint density at radius 3 is 2.56 bits per heavy atom. The highest BCUT2D eigenvalue weighted by molar-refractivity contribution is 5.99. The van der Waals surface area contributed by atoms with Crippen molar-refractivity contribution < 1.29 is 19.1 Å². The molecule has 0 saturated heterocycles. The average molecular weight is 493 g/mol. The monoisotopic (exact) mass is 492 g/mol. The summed E-state index contributed by atoms with van der Waals surface area (Å²) >= 11 is 0. The van der Waals surface area contributed by atoms with E-state index in [1.54, 1.807) is 4.90 Å². The summed E-state index contributed by atoms with van der Waals surface area (Å²) in [7, 11) is 0. The molecule has 2 aromatic carbocycles. The van der Waals surface area contributed by atoms with Crippen LogP contribution in [0.3, 0.4) is 0 Å². The van der Waals surface area contributed by atoms with Crippen molar-refractivity contribution in [3.63, 3.8) is 0 Å². The quantitative estimate of drug-likeness (QED) is 0.370. The second kappa shape index (κ2) is 12.8. The maximum atomic E-state index is 12.9. The maximum absolute atomic E-state index is 12.9. The number of benzene rings is 2. The van der Waals surface area contributed by atoms with Crippen LogP contribution in [0.25, 0.3) is 0 Å². The van der Waals surface area contributed by atoms with E-state index in [4.69, 9.17) is 9.47 Å². The van der Waals surface area contributed by atoms with Gasteiger partial charge < -0.3 is 19.7 Å². The number of aryl methyl sites for hydroxylation is 1. The summed E-state index contributed by atoms with van der Waals surface area (Å²) < 4.78 is 11.5. The van der Waals surface area contributed by atoms with Crippen LogP contribution in [0, 0.1) is 11.8 Å². The largest absolute Gasteiger partial charge is 0.494 e. The zero-order valence-electron chi connectivity index (χ0n) is 21.8. The van der Waals surface area contributed by atoms with E-state index in [1.807, 2.05) is 30.3 Å². The Morgan fingerprint density at radius 2 is 1.83 bits per heavy atom. The van der Waals surface area contributed by atoms with Gasteiger partial charge in [-0.25, -0.2) is 0 Å². The van der Waals surface area contributed by atoms with Gasteiger partial charge in [0, 0.05) is 18.2 Å². The molecule has 1 fully saturated rings. The molecule has 2 amide bonds. The van der Waals surface area contributed by atoms with Crippen LogP contribution in [-0.4, -0.2) is 31.6 Å². The third-order valence-electron chi connectivity index (χ3n) is 7.48. The van der Waals surface area contributed by atoms with E-state index in [-0.39, 0.29) is 24.3 Å². The number of unbranched alkanes of at least 4 members (excludes halogenated alkanes) is 1. The highest BCUT2D eigenvalue weighted by atomic mass is 16.5. The molecule has 1 N–H and O–H groups in total. The Kier molecular flexibility index (Phi) is 9.26. The number of ether oxygens (including phenoxy) is 2. The van der Waals surface area contributed by atoms with Crippen LogP contribution < -0.4 is 19.7 Å². The molecule has 0 atom stereocenters. The summed E-state index contributed by atoms with van der Waals surface area (Å²) in [6.45, 7) is 5.44. The molecule has 0 aromatic heterocycles. The molecule has 4 rings (SSSR count). The number of rotatable bonds is 11. The van der Waals surface area contributed by atoms with Gasteiger partial charge in [-0.05, 0) is 80.3 Å². The van der Waals surface area contributed by atoms with Crippen molar-refractivity contribution in [1.29, 1.82) is 0 Å². The van der Waals surface area contributed by atoms with Crippen LogP contribution in [-0.2, 0) is 16.0 Å². The van der Waals surface area contributed by atoms with E-state index in [0.29, 0.717) is 36.7 Å². The van der Waals surface area contributed by atoms with Gasteiger partial charge in [0.2, 0.25) is 5.91 Å². The lowest BCUT2D eigenvalue weighted by Crippen LogP contribution is -2.40. The Labute approximate surface area is 215 Å². The smallest absolute Gasteiger partial charge is 0.265 e. The van der Waals surface area contributed by atoms with Gasteiger partial charge in [0.25, 0.3) is 5.91 Å². The van der Waals surface area contributed by atoms with Crippen LogP contribution >= 0.6 is 0 Å². The zero-order chi connectivity index (χ0) is 25.3. The van der Waals surface area contributed by atoms with Crippen LogP contribution in [0.15, 0.2) is 42.5 Å². The van der Waals surface area contributed by atoms with Crippen molar-refractivity contribution in [2.45, 2.75) is 71.6 Å². The SMILES string of the molecule is CCCCC1CCC(C(=O)Nc2ccc3c(c2)N(CCCOc2ccc(CC)cc2)C(=O)CO3)CC1. The van der Waals surface area contributed by atoms with Crippen LogP contribution in [0.2, 0.25) is 0 Å². The lowest BCUT2D eigenvalue weighted by molar-refractivity contribution is -0.121. The Bertz CT molecular complexity index is 1010. The van der Waals surface area contributed by atoms with E-state index in [0.717, 1.165) is 43.8 Å². The predicted molar refractivity (Wildman–Crippen MR) is 144 cm³/mol. The first kappa shape index (κ1) is 26.1. The first-order valence-electron chi connectivity index (χ1n) is 13.7. The number of carbonyl (C=O) groups excluding carboxylic acids is 2. The molecule has 2 aromatic rings. The molecule has 36 heavy (non-hydrogen) atoms. The molecule has 0 radical (unpaired) electrons. The topological polar surface area (TPSA) is 67.9 Å². The molecule has 6 nitrogen and oxygen atoms in total. The number of nitrogens with one attached hydrogen (secondary N) is 1. The van der Waals surface area contributed by atoms with Crippen molar-refractivity contribution in [2.24, 2.45) is 11.8 Å². The minimum atomic E-state index is -0.0799. The summed E-state index contributed by atoms with van der Waals surface area (Å²) in [5.74, 6) is 2.35. The molecule has 0 spiro atoms. The van der Waals surface area contributed by atoms with Crippen molar-refractivity contribution in [3.8, 4) is 11.5 Å². The standard InChI is InChI=1S/C30H40N2O4/c1-3-5-7-23-8-12-24(13-9-23)30(34)31-25-14-17-28-27(20-25)32(29(33)21-36-28)18-6-19-35-26-15-10-22(4-2)11-16-26/h10-11,14-17,20,23-24H,3-9,12-13,18-19,21H2,1-2H3,(H,31,34). The molecule has 1 aliphatic carbocycles. The van der Waals surface area contributed by atoms with E-state index in [1.165, 1.54) is 24.8 Å². The van der Waals surface area contributed by atoms with Crippen LogP contribution in [0.1, 0.15) is 70.8 Å². The summed E-state index contributed by atoms with van der Waals surface area (Å²) in [6.07, 6.45) is 9.70. The lowest BCUT2D eigenvalue weighted by atomic mass is 9.79. The van der Waals surface area contributed by atoms with Crippen LogP contribution in [0.4, 0.5) is 11.4 Å². The van der Waals surface area contributed by atoms with Crippen molar-refractivity contribution in [3.05, 3.63) is 48.0 Å². The fourth-order valence-corrected chi connectivity index (χ4v) is 5.21. The summed E-state index contributed by atoms with van der Waals surface area (Å²) in [5.41, 5.74) is 2.70. The van der Waals surface area contributed by atoms with Gasteiger partial charge in [-0.3, -0.25) is 9.59 Å². The molecule has 1 heterocycles. The highest BCUT2D eigenvalue weighted by Crippen LogP contribution is 2.36. The molecular weight excluding hydrogens is 452 g/mol. The summed E-state index contributed by atoms with van der Waals surface area (Å²) in [5, 5.41) is 3.10. The van der Waals surface area contributed by atoms with Gasteiger partial charge >= 0.3 is 0 Å². The summed E-state index contributed by atoms with van der Waals surface area (Å²) in [4.78, 5) is 27.3. The minimum absolute atomic E-state index is 0.0271. The Balaban J connectivity index is 1.31. The molecule has 1 saturated carbocycles. The molecule has 0 bridgehead atoms. The van der Waals surface area contributed by atoms with Gasteiger partial charge in [-0.15, -0.1) is 0 Å².